The molecule has 4 heteroatoms. The lowest BCUT2D eigenvalue weighted by Crippen LogP contribution is -2.46. The van der Waals surface area contributed by atoms with Crippen LogP contribution in [0.25, 0.3) is 0 Å². The Morgan fingerprint density at radius 1 is 1.35 bits per heavy atom. The fourth-order valence-corrected chi connectivity index (χ4v) is 2.12. The summed E-state index contributed by atoms with van der Waals surface area (Å²) in [7, 11) is 1.67. The van der Waals surface area contributed by atoms with Crippen LogP contribution in [0.2, 0.25) is 0 Å². The third-order valence-corrected chi connectivity index (χ3v) is 3.57. The van der Waals surface area contributed by atoms with Crippen LogP contribution >= 0.6 is 15.9 Å². The summed E-state index contributed by atoms with van der Waals surface area (Å²) < 4.78 is 6.07. The van der Waals surface area contributed by atoms with Crippen molar-refractivity contribution >= 4 is 15.9 Å². The molecule has 3 nitrogen and oxygen atoms in total. The van der Waals surface area contributed by atoms with Gasteiger partial charge in [-0.25, -0.2) is 0 Å². The lowest BCUT2D eigenvalue weighted by atomic mass is 9.88. The molecule has 0 aliphatic rings. The van der Waals surface area contributed by atoms with Crippen LogP contribution in [0.15, 0.2) is 28.7 Å². The second kappa shape index (κ2) is 7.11. The van der Waals surface area contributed by atoms with Gasteiger partial charge in [0.1, 0.15) is 0 Å². The largest absolute Gasteiger partial charge is 0.394 e. The molecule has 0 saturated heterocycles. The lowest BCUT2D eigenvalue weighted by Gasteiger charge is -2.32. The quantitative estimate of drug-likeness (QED) is 0.759. The van der Waals surface area contributed by atoms with Crippen molar-refractivity contribution in [1.82, 2.24) is 5.32 Å². The van der Waals surface area contributed by atoms with Gasteiger partial charge >= 0.3 is 0 Å². The summed E-state index contributed by atoms with van der Waals surface area (Å²) in [5.74, 6) is 0. The SMILES string of the molecule is CCC(CO)(NCCOC)c1ccc(Br)cc1. The van der Waals surface area contributed by atoms with Crippen LogP contribution in [0.3, 0.4) is 0 Å². The molecule has 0 bridgehead atoms. The minimum absolute atomic E-state index is 0.0782. The smallest absolute Gasteiger partial charge is 0.0667 e. The molecule has 1 aromatic rings. The van der Waals surface area contributed by atoms with E-state index in [0.29, 0.717) is 6.61 Å². The molecule has 0 heterocycles. The highest BCUT2D eigenvalue weighted by atomic mass is 79.9. The highest BCUT2D eigenvalue weighted by molar-refractivity contribution is 9.10. The molecule has 1 aromatic carbocycles. The maximum absolute atomic E-state index is 9.68. The van der Waals surface area contributed by atoms with Crippen molar-refractivity contribution in [3.63, 3.8) is 0 Å². The number of rotatable bonds is 7. The number of hydrogen-bond donors (Lipinski definition) is 2. The van der Waals surface area contributed by atoms with E-state index in [4.69, 9.17) is 4.74 Å². The summed E-state index contributed by atoms with van der Waals surface area (Å²) in [6.07, 6.45) is 0.828. The first-order chi connectivity index (χ1) is 8.18. The molecule has 0 amide bonds. The predicted octanol–water partition coefficient (Wildman–Crippen LogP) is 2.28. The minimum Gasteiger partial charge on any atom is -0.394 e. The zero-order valence-electron chi connectivity index (χ0n) is 10.4. The third-order valence-electron chi connectivity index (χ3n) is 3.04. The van der Waals surface area contributed by atoms with Crippen molar-refractivity contribution in [2.75, 3.05) is 26.9 Å². The maximum Gasteiger partial charge on any atom is 0.0667 e. The van der Waals surface area contributed by atoms with Gasteiger partial charge in [-0.1, -0.05) is 35.0 Å². The van der Waals surface area contributed by atoms with E-state index in [2.05, 4.69) is 28.2 Å². The summed E-state index contributed by atoms with van der Waals surface area (Å²) in [5, 5.41) is 13.1. The molecule has 1 atom stereocenters. The average Bonchev–Trinajstić information content (AvgIpc) is 2.37. The molecule has 0 aliphatic heterocycles. The van der Waals surface area contributed by atoms with Gasteiger partial charge in [-0.2, -0.15) is 0 Å². The number of nitrogens with one attached hydrogen (secondary N) is 1. The number of ether oxygens (including phenoxy) is 1. The Labute approximate surface area is 111 Å². The first-order valence-corrected chi connectivity index (χ1v) is 6.58. The van der Waals surface area contributed by atoms with E-state index in [9.17, 15) is 5.11 Å². The summed E-state index contributed by atoms with van der Waals surface area (Å²) in [6, 6.07) is 8.05. The van der Waals surface area contributed by atoms with Crippen molar-refractivity contribution in [2.24, 2.45) is 0 Å². The van der Waals surface area contributed by atoms with Gasteiger partial charge in [0.2, 0.25) is 0 Å². The Kier molecular flexibility index (Phi) is 6.12. The number of aliphatic hydroxyl groups excluding tert-OH is 1. The van der Waals surface area contributed by atoms with Crippen LogP contribution in [0.5, 0.6) is 0 Å². The van der Waals surface area contributed by atoms with Gasteiger partial charge in [0.25, 0.3) is 0 Å². The molecule has 0 fully saturated rings. The summed E-state index contributed by atoms with van der Waals surface area (Å²) in [5.41, 5.74) is 0.723. The van der Waals surface area contributed by atoms with Gasteiger partial charge in [-0.05, 0) is 24.1 Å². The monoisotopic (exact) mass is 301 g/mol. The summed E-state index contributed by atoms with van der Waals surface area (Å²) in [4.78, 5) is 0. The Bertz CT molecular complexity index is 323. The molecule has 0 aliphatic carbocycles. The zero-order valence-corrected chi connectivity index (χ0v) is 12.0. The molecule has 0 aromatic heterocycles. The van der Waals surface area contributed by atoms with Gasteiger partial charge in [0, 0.05) is 18.1 Å². The number of methoxy groups -OCH3 is 1. The van der Waals surface area contributed by atoms with Crippen molar-refractivity contribution in [3.05, 3.63) is 34.3 Å². The van der Waals surface area contributed by atoms with Gasteiger partial charge in [0.05, 0.1) is 18.8 Å². The van der Waals surface area contributed by atoms with Crippen LogP contribution in [0.1, 0.15) is 18.9 Å². The third kappa shape index (κ3) is 3.78. The van der Waals surface area contributed by atoms with Crippen molar-refractivity contribution in [3.8, 4) is 0 Å². The molecule has 17 heavy (non-hydrogen) atoms. The predicted molar refractivity (Wildman–Crippen MR) is 73.1 cm³/mol. The molecular formula is C13H20BrNO2. The fraction of sp³-hybridized carbons (Fsp3) is 0.538. The standard InChI is InChI=1S/C13H20BrNO2/c1-3-13(10-16,15-8-9-17-2)11-4-6-12(14)7-5-11/h4-7,15-16H,3,8-10H2,1-2H3. The second-order valence-corrected chi connectivity index (χ2v) is 4.94. The van der Waals surface area contributed by atoms with Crippen LogP contribution in [-0.4, -0.2) is 32.0 Å². The van der Waals surface area contributed by atoms with Crippen molar-refractivity contribution in [1.29, 1.82) is 0 Å². The molecule has 1 rings (SSSR count). The van der Waals surface area contributed by atoms with Gasteiger partial charge in [-0.15, -0.1) is 0 Å². The van der Waals surface area contributed by atoms with Crippen LogP contribution < -0.4 is 5.32 Å². The molecular weight excluding hydrogens is 282 g/mol. The van der Waals surface area contributed by atoms with Crippen LogP contribution in [0, 0.1) is 0 Å². The second-order valence-electron chi connectivity index (χ2n) is 4.02. The highest BCUT2D eigenvalue weighted by Crippen LogP contribution is 2.25. The molecule has 0 saturated carbocycles. The van der Waals surface area contributed by atoms with Crippen LogP contribution in [0.4, 0.5) is 0 Å². The zero-order chi connectivity index (χ0) is 12.7. The Balaban J connectivity index is 2.85. The Hall–Kier alpha value is -0.420. The van der Waals surface area contributed by atoms with Gasteiger partial charge in [-0.3, -0.25) is 0 Å². The molecule has 0 radical (unpaired) electrons. The molecule has 96 valence electrons. The van der Waals surface area contributed by atoms with Crippen molar-refractivity contribution in [2.45, 2.75) is 18.9 Å². The summed E-state index contributed by atoms with van der Waals surface area (Å²) >= 11 is 3.42. The van der Waals surface area contributed by atoms with E-state index in [-0.39, 0.29) is 12.1 Å². The molecule has 2 N–H and O–H groups in total. The normalized spacial score (nSPS) is 14.6. The minimum atomic E-state index is -0.376. The molecule has 0 spiro atoms. The Morgan fingerprint density at radius 3 is 2.47 bits per heavy atom. The lowest BCUT2D eigenvalue weighted by molar-refractivity contribution is 0.134. The number of benzene rings is 1. The van der Waals surface area contributed by atoms with E-state index in [1.807, 2.05) is 24.3 Å². The average molecular weight is 302 g/mol. The van der Waals surface area contributed by atoms with E-state index in [0.717, 1.165) is 23.0 Å². The van der Waals surface area contributed by atoms with E-state index < -0.39 is 0 Å². The number of halogens is 1. The highest BCUT2D eigenvalue weighted by Gasteiger charge is 2.28. The number of hydrogen-bond acceptors (Lipinski definition) is 3. The maximum atomic E-state index is 9.68. The van der Waals surface area contributed by atoms with Crippen molar-refractivity contribution < 1.29 is 9.84 Å². The van der Waals surface area contributed by atoms with E-state index in [1.165, 1.54) is 0 Å². The van der Waals surface area contributed by atoms with Gasteiger partial charge in [0.15, 0.2) is 0 Å². The van der Waals surface area contributed by atoms with Gasteiger partial charge < -0.3 is 15.2 Å². The van der Waals surface area contributed by atoms with E-state index in [1.54, 1.807) is 7.11 Å². The summed E-state index contributed by atoms with van der Waals surface area (Å²) in [6.45, 7) is 3.51. The topological polar surface area (TPSA) is 41.5 Å². The van der Waals surface area contributed by atoms with E-state index >= 15 is 0 Å². The first-order valence-electron chi connectivity index (χ1n) is 5.79. The molecule has 1 unspecified atom stereocenters. The first kappa shape index (κ1) is 14.6. The van der Waals surface area contributed by atoms with Crippen LogP contribution in [-0.2, 0) is 10.3 Å². The Morgan fingerprint density at radius 2 is 2.00 bits per heavy atom. The fourth-order valence-electron chi connectivity index (χ4n) is 1.85. The number of aliphatic hydroxyl groups is 1.